The van der Waals surface area contributed by atoms with Crippen molar-refractivity contribution < 1.29 is 28.6 Å². The maximum absolute atomic E-state index is 17.2. The first kappa shape index (κ1) is 24.8. The summed E-state index contributed by atoms with van der Waals surface area (Å²) in [6.45, 7) is 5.70. The number of carbonyl (C=O) groups excluding carboxylic acids is 3. The zero-order chi connectivity index (χ0) is 24.2. The van der Waals surface area contributed by atoms with Gasteiger partial charge in [-0.15, -0.1) is 11.6 Å². The molecule has 0 amide bonds. The molecule has 0 aliphatic heterocycles. The molecule has 0 spiro atoms. The molecule has 4 aliphatic rings. The van der Waals surface area contributed by atoms with Crippen molar-refractivity contribution in [3.05, 3.63) is 11.6 Å². The van der Waals surface area contributed by atoms with Crippen molar-refractivity contribution in [1.82, 2.24) is 0 Å². The van der Waals surface area contributed by atoms with Crippen molar-refractivity contribution in [3.8, 4) is 0 Å². The molecule has 0 radical (unpaired) electrons. The SMILES string of the molecule is CCCCC(=O)O[C@]1(C(=O)CCl)CC[C@H]2[C@@H]3CCC4=CC(=O)CC[C@]4(C)[C@@]3(F)C(O)C[C@@]21C. The molecule has 0 aromatic heterocycles. The van der Waals surface area contributed by atoms with Gasteiger partial charge in [0.2, 0.25) is 0 Å². The van der Waals surface area contributed by atoms with Gasteiger partial charge in [-0.3, -0.25) is 14.4 Å². The van der Waals surface area contributed by atoms with E-state index in [0.29, 0.717) is 38.5 Å². The van der Waals surface area contributed by atoms with Crippen molar-refractivity contribution in [2.45, 2.75) is 102 Å². The number of aliphatic hydroxyl groups is 1. The number of rotatable bonds is 6. The van der Waals surface area contributed by atoms with Crippen LogP contribution in [0.15, 0.2) is 11.6 Å². The van der Waals surface area contributed by atoms with Gasteiger partial charge in [0.1, 0.15) is 5.67 Å². The van der Waals surface area contributed by atoms with Crippen molar-refractivity contribution in [2.24, 2.45) is 22.7 Å². The molecule has 0 heterocycles. The molecule has 3 fully saturated rings. The Labute approximate surface area is 200 Å². The molecule has 1 N–H and O–H groups in total. The lowest BCUT2D eigenvalue weighted by atomic mass is 9.44. The third kappa shape index (κ3) is 3.30. The van der Waals surface area contributed by atoms with Crippen LogP contribution in [-0.2, 0) is 19.1 Å². The number of esters is 1. The Balaban J connectivity index is 1.75. The maximum Gasteiger partial charge on any atom is 0.306 e. The average molecular weight is 483 g/mol. The first-order valence-corrected chi connectivity index (χ1v) is 13.0. The van der Waals surface area contributed by atoms with Crippen LogP contribution in [0.1, 0.15) is 85.0 Å². The first-order chi connectivity index (χ1) is 15.5. The fourth-order valence-electron chi connectivity index (χ4n) is 7.92. The number of allylic oxidation sites excluding steroid dienone is 1. The van der Waals surface area contributed by atoms with Crippen LogP contribution in [-0.4, -0.2) is 45.9 Å². The first-order valence-electron chi connectivity index (χ1n) is 12.4. The Hall–Kier alpha value is -1.27. The molecular formula is C26H36ClFO5. The Morgan fingerprint density at radius 3 is 2.61 bits per heavy atom. The molecule has 7 heteroatoms. The molecule has 7 atom stereocenters. The number of alkyl halides is 2. The van der Waals surface area contributed by atoms with Crippen LogP contribution >= 0.6 is 11.6 Å². The van der Waals surface area contributed by atoms with E-state index in [2.05, 4.69) is 0 Å². The summed E-state index contributed by atoms with van der Waals surface area (Å²) in [5.74, 6) is -1.78. The molecule has 4 rings (SSSR count). The molecule has 0 aromatic rings. The molecular weight excluding hydrogens is 447 g/mol. The van der Waals surface area contributed by atoms with Gasteiger partial charge in [-0.1, -0.05) is 32.8 Å². The number of halogens is 2. The van der Waals surface area contributed by atoms with Crippen LogP contribution in [0.25, 0.3) is 0 Å². The second kappa shape index (κ2) is 8.44. The highest BCUT2D eigenvalue weighted by atomic mass is 35.5. The summed E-state index contributed by atoms with van der Waals surface area (Å²) in [7, 11) is 0. The van der Waals surface area contributed by atoms with Gasteiger partial charge >= 0.3 is 5.97 Å². The second-order valence-electron chi connectivity index (χ2n) is 11.1. The highest BCUT2D eigenvalue weighted by molar-refractivity contribution is 6.29. The van der Waals surface area contributed by atoms with E-state index in [1.165, 1.54) is 0 Å². The van der Waals surface area contributed by atoms with Gasteiger partial charge in [-0.2, -0.15) is 0 Å². The Kier molecular flexibility index (Phi) is 6.35. The van der Waals surface area contributed by atoms with Crippen molar-refractivity contribution in [1.29, 1.82) is 0 Å². The topological polar surface area (TPSA) is 80.7 Å². The Bertz CT molecular complexity index is 888. The summed E-state index contributed by atoms with van der Waals surface area (Å²) >= 11 is 6.01. The summed E-state index contributed by atoms with van der Waals surface area (Å²) < 4.78 is 23.2. The van der Waals surface area contributed by atoms with Crippen molar-refractivity contribution in [3.63, 3.8) is 0 Å². The van der Waals surface area contributed by atoms with Crippen LogP contribution in [0, 0.1) is 22.7 Å². The van der Waals surface area contributed by atoms with E-state index in [1.807, 2.05) is 20.8 Å². The van der Waals surface area contributed by atoms with Gasteiger partial charge in [-0.05, 0) is 56.9 Å². The second-order valence-corrected chi connectivity index (χ2v) is 11.4. The number of unbranched alkanes of at least 4 members (excludes halogenated alkanes) is 1. The molecule has 33 heavy (non-hydrogen) atoms. The number of ether oxygens (including phenoxy) is 1. The van der Waals surface area contributed by atoms with Crippen LogP contribution in [0.3, 0.4) is 0 Å². The highest BCUT2D eigenvalue weighted by Gasteiger charge is 2.75. The number of aliphatic hydroxyl groups excluding tert-OH is 1. The van der Waals surface area contributed by atoms with E-state index in [4.69, 9.17) is 16.3 Å². The molecule has 4 aliphatic carbocycles. The average Bonchev–Trinajstić information content (AvgIpc) is 3.05. The molecule has 5 nitrogen and oxygen atoms in total. The highest BCUT2D eigenvalue weighted by Crippen LogP contribution is 2.71. The van der Waals surface area contributed by atoms with Crippen LogP contribution in [0.4, 0.5) is 4.39 Å². The fourth-order valence-corrected chi connectivity index (χ4v) is 8.13. The van der Waals surface area contributed by atoms with Gasteiger partial charge < -0.3 is 9.84 Å². The summed E-state index contributed by atoms with van der Waals surface area (Å²) in [5, 5.41) is 11.4. The van der Waals surface area contributed by atoms with E-state index >= 15 is 4.39 Å². The van der Waals surface area contributed by atoms with Gasteiger partial charge in [0.05, 0.1) is 12.0 Å². The van der Waals surface area contributed by atoms with Gasteiger partial charge in [0, 0.05) is 29.6 Å². The minimum Gasteiger partial charge on any atom is -0.450 e. The summed E-state index contributed by atoms with van der Waals surface area (Å²) in [6, 6.07) is 0. The molecule has 3 saturated carbocycles. The van der Waals surface area contributed by atoms with E-state index in [0.717, 1.165) is 12.0 Å². The lowest BCUT2D eigenvalue weighted by molar-refractivity contribution is -0.231. The van der Waals surface area contributed by atoms with Crippen molar-refractivity contribution >= 4 is 29.1 Å². The molecule has 0 aromatic carbocycles. The van der Waals surface area contributed by atoms with Crippen LogP contribution in [0.5, 0.6) is 0 Å². The van der Waals surface area contributed by atoms with E-state index in [-0.39, 0.29) is 42.6 Å². The number of hydrogen-bond donors (Lipinski definition) is 1. The number of fused-ring (bicyclic) bond motifs is 5. The number of carbonyl (C=O) groups is 3. The monoisotopic (exact) mass is 482 g/mol. The zero-order valence-corrected chi connectivity index (χ0v) is 20.7. The minimum atomic E-state index is -1.89. The number of hydrogen-bond acceptors (Lipinski definition) is 5. The lowest BCUT2D eigenvalue weighted by Gasteiger charge is -2.63. The third-order valence-corrected chi connectivity index (χ3v) is 10.00. The molecule has 0 saturated heterocycles. The fraction of sp³-hybridized carbons (Fsp3) is 0.808. The predicted molar refractivity (Wildman–Crippen MR) is 123 cm³/mol. The van der Waals surface area contributed by atoms with E-state index < -0.39 is 40.1 Å². The molecule has 0 bridgehead atoms. The molecule has 1 unspecified atom stereocenters. The summed E-state index contributed by atoms with van der Waals surface area (Å²) in [5.41, 5.74) is -4.35. The maximum atomic E-state index is 17.2. The Morgan fingerprint density at radius 1 is 1.21 bits per heavy atom. The smallest absolute Gasteiger partial charge is 0.306 e. The van der Waals surface area contributed by atoms with E-state index in [1.54, 1.807) is 6.08 Å². The normalized spacial score (nSPS) is 44.4. The number of Topliss-reactive ketones (excluding diaryl/α,β-unsaturated/α-hetero) is 1. The van der Waals surface area contributed by atoms with Gasteiger partial charge in [0.15, 0.2) is 17.2 Å². The van der Waals surface area contributed by atoms with Crippen LogP contribution in [0.2, 0.25) is 0 Å². The molecule has 184 valence electrons. The third-order valence-electron chi connectivity index (χ3n) is 9.76. The van der Waals surface area contributed by atoms with Gasteiger partial charge in [-0.25, -0.2) is 4.39 Å². The number of ketones is 2. The standard InChI is InChI=1S/C26H36ClFO5/c1-4-5-6-22(32)33-25(21(31)15-27)12-10-18-19-8-7-16-13-17(29)9-11-23(16,2)26(19,28)20(30)14-24(18,25)3/h13,18-20,30H,4-12,14-15H2,1-3H3/t18-,19-,20?,23-,24-,25-,26-/m0/s1. The predicted octanol–water partition coefficient (Wildman–Crippen LogP) is 4.86. The summed E-state index contributed by atoms with van der Waals surface area (Å²) in [6.07, 6.45) is 4.57. The quantitative estimate of drug-likeness (QED) is 0.432. The van der Waals surface area contributed by atoms with Crippen LogP contribution < -0.4 is 0 Å². The lowest BCUT2D eigenvalue weighted by Crippen LogP contribution is -2.70. The minimum absolute atomic E-state index is 0.0190. The summed E-state index contributed by atoms with van der Waals surface area (Å²) in [4.78, 5) is 38.0. The van der Waals surface area contributed by atoms with Gasteiger partial charge in [0.25, 0.3) is 0 Å². The Morgan fingerprint density at radius 2 is 1.94 bits per heavy atom. The zero-order valence-electron chi connectivity index (χ0n) is 19.9. The van der Waals surface area contributed by atoms with Crippen molar-refractivity contribution in [2.75, 3.05) is 5.88 Å². The largest absolute Gasteiger partial charge is 0.450 e. The van der Waals surface area contributed by atoms with E-state index in [9.17, 15) is 19.5 Å².